The number of aromatic nitrogens is 1. The molecule has 0 saturated carbocycles. The Morgan fingerprint density at radius 3 is 2.71 bits per heavy atom. The van der Waals surface area contributed by atoms with Gasteiger partial charge >= 0.3 is 0 Å². The van der Waals surface area contributed by atoms with Gasteiger partial charge in [-0.1, -0.05) is 13.0 Å². The molecule has 0 radical (unpaired) electrons. The second-order valence-electron chi connectivity index (χ2n) is 2.64. The highest BCUT2D eigenvalue weighted by molar-refractivity contribution is 6.02. The van der Waals surface area contributed by atoms with E-state index in [-0.39, 0.29) is 12.1 Å². The van der Waals surface area contributed by atoms with Crippen molar-refractivity contribution in [1.82, 2.24) is 9.99 Å². The van der Waals surface area contributed by atoms with E-state index in [1.165, 1.54) is 12.3 Å². The van der Waals surface area contributed by atoms with Crippen molar-refractivity contribution in [2.24, 2.45) is 5.84 Å². The normalized spacial score (nSPS) is 9.57. The van der Waals surface area contributed by atoms with Gasteiger partial charge in [0.15, 0.2) is 0 Å². The van der Waals surface area contributed by atoms with E-state index in [1.807, 2.05) is 0 Å². The molecule has 0 unspecified atom stereocenters. The molecule has 5 nitrogen and oxygen atoms in total. The average Bonchev–Trinajstić information content (AvgIpc) is 2.27. The van der Waals surface area contributed by atoms with Crippen LogP contribution in [-0.2, 0) is 4.79 Å². The van der Waals surface area contributed by atoms with Crippen molar-refractivity contribution in [3.05, 3.63) is 30.1 Å². The van der Waals surface area contributed by atoms with Crippen molar-refractivity contribution in [1.29, 1.82) is 0 Å². The van der Waals surface area contributed by atoms with Crippen LogP contribution in [0.15, 0.2) is 24.4 Å². The fraction of sp³-hybridized carbons (Fsp3) is 0.222. The maximum atomic E-state index is 11.5. The van der Waals surface area contributed by atoms with E-state index < -0.39 is 11.8 Å². The van der Waals surface area contributed by atoms with E-state index in [1.54, 1.807) is 19.1 Å². The molecule has 0 saturated heterocycles. The molecule has 1 aromatic rings. The summed E-state index contributed by atoms with van der Waals surface area (Å²) in [5.74, 6) is 4.28. The van der Waals surface area contributed by atoms with Gasteiger partial charge in [-0.05, 0) is 12.1 Å². The van der Waals surface area contributed by atoms with Crippen LogP contribution >= 0.6 is 0 Å². The van der Waals surface area contributed by atoms with Crippen molar-refractivity contribution in [3.8, 4) is 0 Å². The summed E-state index contributed by atoms with van der Waals surface area (Å²) in [6.07, 6.45) is 1.66. The number of hydrogen-bond donors (Lipinski definition) is 1. The summed E-state index contributed by atoms with van der Waals surface area (Å²) in [5, 5.41) is 0.586. The molecular formula is C9H11N3O2. The first kappa shape index (κ1) is 10.3. The number of nitrogens with zero attached hydrogens (tertiary/aromatic N) is 2. The fourth-order valence-corrected chi connectivity index (χ4v) is 0.896. The molecule has 0 aliphatic rings. The van der Waals surface area contributed by atoms with E-state index in [0.717, 1.165) is 0 Å². The highest BCUT2D eigenvalue weighted by Gasteiger charge is 2.18. The molecule has 0 atom stereocenters. The molecule has 14 heavy (non-hydrogen) atoms. The summed E-state index contributed by atoms with van der Waals surface area (Å²) in [5.41, 5.74) is 0.164. The zero-order chi connectivity index (χ0) is 10.6. The van der Waals surface area contributed by atoms with Crippen molar-refractivity contribution in [2.75, 3.05) is 0 Å². The van der Waals surface area contributed by atoms with Crippen LogP contribution in [0.1, 0.15) is 23.8 Å². The van der Waals surface area contributed by atoms with E-state index in [0.29, 0.717) is 5.01 Å². The predicted molar refractivity (Wildman–Crippen MR) is 49.9 cm³/mol. The standard InChI is InChI=1S/C9H11N3O2/c1-2-8(13)12(10)9(14)7-5-3-4-6-11-7/h3-6H,2,10H2,1H3. The molecule has 5 heteroatoms. The number of nitrogens with two attached hydrogens (primary N) is 1. The molecule has 1 rings (SSSR count). The Hall–Kier alpha value is -1.75. The number of imide groups is 1. The minimum Gasteiger partial charge on any atom is -0.273 e. The van der Waals surface area contributed by atoms with Gasteiger partial charge < -0.3 is 0 Å². The molecule has 0 fully saturated rings. The Bertz CT molecular complexity index is 337. The van der Waals surface area contributed by atoms with Gasteiger partial charge in [-0.3, -0.25) is 14.6 Å². The van der Waals surface area contributed by atoms with Crippen LogP contribution in [-0.4, -0.2) is 21.8 Å². The van der Waals surface area contributed by atoms with Crippen LogP contribution in [0.25, 0.3) is 0 Å². The number of rotatable bonds is 2. The van der Waals surface area contributed by atoms with Gasteiger partial charge in [0.2, 0.25) is 5.91 Å². The van der Waals surface area contributed by atoms with E-state index in [9.17, 15) is 9.59 Å². The molecule has 0 aromatic carbocycles. The summed E-state index contributed by atoms with van der Waals surface area (Å²) < 4.78 is 0. The lowest BCUT2D eigenvalue weighted by atomic mass is 10.3. The maximum Gasteiger partial charge on any atom is 0.293 e. The zero-order valence-electron chi connectivity index (χ0n) is 7.80. The lowest BCUT2D eigenvalue weighted by molar-refractivity contribution is -0.128. The third-order valence-electron chi connectivity index (χ3n) is 1.67. The highest BCUT2D eigenvalue weighted by Crippen LogP contribution is 1.98. The van der Waals surface area contributed by atoms with Crippen molar-refractivity contribution in [3.63, 3.8) is 0 Å². The number of hydrazine groups is 1. The number of carbonyl (C=O) groups excluding carboxylic acids is 2. The van der Waals surface area contributed by atoms with Crippen molar-refractivity contribution >= 4 is 11.8 Å². The smallest absolute Gasteiger partial charge is 0.273 e. The summed E-state index contributed by atoms with van der Waals surface area (Å²) >= 11 is 0. The fourth-order valence-electron chi connectivity index (χ4n) is 0.896. The number of hydrogen-bond acceptors (Lipinski definition) is 4. The highest BCUT2D eigenvalue weighted by atomic mass is 16.2. The Labute approximate surface area is 81.5 Å². The second-order valence-corrected chi connectivity index (χ2v) is 2.64. The molecule has 1 heterocycles. The lowest BCUT2D eigenvalue weighted by Gasteiger charge is -2.12. The molecule has 0 spiro atoms. The topological polar surface area (TPSA) is 76.3 Å². The van der Waals surface area contributed by atoms with Gasteiger partial charge in [-0.25, -0.2) is 10.9 Å². The minimum absolute atomic E-state index is 0.164. The Morgan fingerprint density at radius 2 is 2.21 bits per heavy atom. The molecule has 2 N–H and O–H groups in total. The molecule has 2 amide bonds. The van der Waals surface area contributed by atoms with Gasteiger partial charge in [0.25, 0.3) is 5.91 Å². The third-order valence-corrected chi connectivity index (χ3v) is 1.67. The predicted octanol–water partition coefficient (Wildman–Crippen LogP) is 0.334. The Morgan fingerprint density at radius 1 is 1.50 bits per heavy atom. The summed E-state index contributed by atoms with van der Waals surface area (Å²) in [7, 11) is 0. The first-order chi connectivity index (χ1) is 6.66. The average molecular weight is 193 g/mol. The molecular weight excluding hydrogens is 182 g/mol. The number of pyridine rings is 1. The van der Waals surface area contributed by atoms with Crippen LogP contribution in [0.5, 0.6) is 0 Å². The van der Waals surface area contributed by atoms with Crippen LogP contribution < -0.4 is 5.84 Å². The number of carbonyl (C=O) groups is 2. The van der Waals surface area contributed by atoms with E-state index >= 15 is 0 Å². The Kier molecular flexibility index (Phi) is 3.30. The largest absolute Gasteiger partial charge is 0.293 e. The van der Waals surface area contributed by atoms with E-state index in [2.05, 4.69) is 4.98 Å². The molecule has 0 aliphatic carbocycles. The van der Waals surface area contributed by atoms with Gasteiger partial charge in [0.05, 0.1) is 0 Å². The number of amides is 2. The maximum absolute atomic E-state index is 11.5. The van der Waals surface area contributed by atoms with Crippen molar-refractivity contribution in [2.45, 2.75) is 13.3 Å². The molecule has 1 aromatic heterocycles. The van der Waals surface area contributed by atoms with Crippen LogP contribution in [0.3, 0.4) is 0 Å². The third kappa shape index (κ3) is 2.14. The molecule has 74 valence electrons. The summed E-state index contributed by atoms with van der Waals surface area (Å²) in [6.45, 7) is 1.63. The zero-order valence-corrected chi connectivity index (χ0v) is 7.80. The Balaban J connectivity index is 2.81. The van der Waals surface area contributed by atoms with E-state index in [4.69, 9.17) is 5.84 Å². The second kappa shape index (κ2) is 4.48. The van der Waals surface area contributed by atoms with Crippen LogP contribution in [0, 0.1) is 0 Å². The van der Waals surface area contributed by atoms with Crippen LogP contribution in [0.4, 0.5) is 0 Å². The van der Waals surface area contributed by atoms with Crippen LogP contribution in [0.2, 0.25) is 0 Å². The first-order valence-electron chi connectivity index (χ1n) is 4.19. The monoisotopic (exact) mass is 193 g/mol. The molecule has 0 bridgehead atoms. The van der Waals surface area contributed by atoms with Gasteiger partial charge in [-0.15, -0.1) is 0 Å². The quantitative estimate of drug-likeness (QED) is 0.417. The van der Waals surface area contributed by atoms with Gasteiger partial charge in [0.1, 0.15) is 5.69 Å². The summed E-state index contributed by atoms with van der Waals surface area (Å²) in [6, 6.07) is 4.84. The van der Waals surface area contributed by atoms with Gasteiger partial charge in [0, 0.05) is 12.6 Å². The van der Waals surface area contributed by atoms with Crippen molar-refractivity contribution < 1.29 is 9.59 Å². The summed E-state index contributed by atoms with van der Waals surface area (Å²) in [4.78, 5) is 26.3. The SMILES string of the molecule is CCC(=O)N(N)C(=O)c1ccccn1. The minimum atomic E-state index is -0.586. The van der Waals surface area contributed by atoms with Gasteiger partial charge in [-0.2, -0.15) is 0 Å². The molecule has 0 aliphatic heterocycles. The first-order valence-corrected chi connectivity index (χ1v) is 4.19. The lowest BCUT2D eigenvalue weighted by Crippen LogP contribution is -2.42.